The molecule has 0 fully saturated rings. The Bertz CT molecular complexity index is 827. The third kappa shape index (κ3) is 3.57. The number of hydrogen-bond donors (Lipinski definition) is 2. The van der Waals surface area contributed by atoms with Gasteiger partial charge in [-0.25, -0.2) is 14.1 Å². The minimum absolute atomic E-state index is 0.278. The maximum atomic E-state index is 13.0. The number of halogens is 1. The monoisotopic (exact) mass is 326 g/mol. The van der Waals surface area contributed by atoms with Gasteiger partial charge >= 0.3 is 0 Å². The predicted molar refractivity (Wildman–Crippen MR) is 90.4 cm³/mol. The lowest BCUT2D eigenvalue weighted by molar-refractivity contribution is 0.625. The Morgan fingerprint density at radius 2 is 1.96 bits per heavy atom. The molecule has 0 saturated heterocycles. The van der Waals surface area contributed by atoms with Crippen LogP contribution in [0.25, 0.3) is 5.82 Å². The van der Waals surface area contributed by atoms with Crippen molar-refractivity contribution in [2.75, 3.05) is 11.9 Å². The molecule has 0 amide bonds. The van der Waals surface area contributed by atoms with Gasteiger partial charge in [0.1, 0.15) is 5.82 Å². The first-order valence-corrected chi connectivity index (χ1v) is 7.64. The summed E-state index contributed by atoms with van der Waals surface area (Å²) in [5.74, 6) is 0.880. The summed E-state index contributed by atoms with van der Waals surface area (Å²) in [5, 5.41) is 7.52. The Hall–Kier alpha value is -2.80. The summed E-state index contributed by atoms with van der Waals surface area (Å²) in [4.78, 5) is 8.66. The van der Waals surface area contributed by atoms with Crippen LogP contribution in [0, 0.1) is 19.7 Å². The van der Waals surface area contributed by atoms with Gasteiger partial charge in [0.2, 0.25) is 5.95 Å². The van der Waals surface area contributed by atoms with E-state index in [0.717, 1.165) is 17.0 Å². The molecule has 0 aliphatic carbocycles. The van der Waals surface area contributed by atoms with Crippen molar-refractivity contribution in [1.29, 1.82) is 0 Å². The van der Waals surface area contributed by atoms with Gasteiger partial charge < -0.3 is 11.1 Å². The van der Waals surface area contributed by atoms with Gasteiger partial charge in [-0.2, -0.15) is 10.1 Å². The summed E-state index contributed by atoms with van der Waals surface area (Å²) >= 11 is 0. The number of hydrogen-bond acceptors (Lipinski definition) is 5. The van der Waals surface area contributed by atoms with E-state index in [4.69, 9.17) is 5.73 Å². The van der Waals surface area contributed by atoms with Gasteiger partial charge in [0.05, 0.1) is 5.69 Å². The summed E-state index contributed by atoms with van der Waals surface area (Å²) in [5.41, 5.74) is 8.89. The van der Waals surface area contributed by atoms with Gasteiger partial charge in [-0.05, 0) is 37.6 Å². The van der Waals surface area contributed by atoms with Gasteiger partial charge in [-0.15, -0.1) is 0 Å². The van der Waals surface area contributed by atoms with Gasteiger partial charge in [0.15, 0.2) is 5.82 Å². The fourth-order valence-corrected chi connectivity index (χ4v) is 2.44. The highest BCUT2D eigenvalue weighted by molar-refractivity contribution is 5.34. The lowest BCUT2D eigenvalue weighted by Crippen LogP contribution is -2.21. The molecule has 2 aromatic heterocycles. The van der Waals surface area contributed by atoms with Crippen molar-refractivity contribution < 1.29 is 4.39 Å². The number of aromatic nitrogens is 4. The van der Waals surface area contributed by atoms with Gasteiger partial charge in [0.25, 0.3) is 0 Å². The lowest BCUT2D eigenvalue weighted by atomic mass is 10.1. The molecule has 3 aromatic rings. The van der Waals surface area contributed by atoms with E-state index in [9.17, 15) is 4.39 Å². The molecule has 0 bridgehead atoms. The quantitative estimate of drug-likeness (QED) is 0.753. The maximum absolute atomic E-state index is 13.0. The molecule has 0 aliphatic rings. The number of aryl methyl sites for hydroxylation is 2. The molecule has 3 rings (SSSR count). The minimum Gasteiger partial charge on any atom is -0.352 e. The number of nitrogens with two attached hydrogens (primary N) is 1. The molecule has 1 aromatic carbocycles. The normalized spacial score (nSPS) is 12.2. The number of rotatable bonds is 5. The van der Waals surface area contributed by atoms with E-state index in [1.807, 2.05) is 19.9 Å². The van der Waals surface area contributed by atoms with Crippen molar-refractivity contribution in [2.45, 2.75) is 19.9 Å². The average molecular weight is 326 g/mol. The van der Waals surface area contributed by atoms with Gasteiger partial charge in [-0.3, -0.25) is 0 Å². The summed E-state index contributed by atoms with van der Waals surface area (Å²) in [6, 6.07) is 9.64. The Morgan fingerprint density at radius 3 is 2.62 bits per heavy atom. The molecular weight excluding hydrogens is 307 g/mol. The van der Waals surface area contributed by atoms with Crippen LogP contribution < -0.4 is 11.1 Å². The van der Waals surface area contributed by atoms with Crippen LogP contribution in [0.5, 0.6) is 0 Å². The number of benzene rings is 1. The fourth-order valence-electron chi connectivity index (χ4n) is 2.44. The zero-order valence-electron chi connectivity index (χ0n) is 13.6. The molecule has 1 atom stereocenters. The molecule has 24 heavy (non-hydrogen) atoms. The molecule has 2 heterocycles. The van der Waals surface area contributed by atoms with E-state index in [2.05, 4.69) is 20.4 Å². The van der Waals surface area contributed by atoms with Crippen molar-refractivity contribution in [1.82, 2.24) is 19.7 Å². The maximum Gasteiger partial charge on any atom is 0.224 e. The zero-order valence-corrected chi connectivity index (χ0v) is 13.6. The summed E-state index contributed by atoms with van der Waals surface area (Å²) in [6.07, 6.45) is 1.67. The van der Waals surface area contributed by atoms with Crippen molar-refractivity contribution in [3.8, 4) is 5.82 Å². The molecule has 7 heteroatoms. The number of nitrogens with one attached hydrogen (secondary N) is 1. The first kappa shape index (κ1) is 16.1. The van der Waals surface area contributed by atoms with Crippen LogP contribution in [0.4, 0.5) is 10.3 Å². The molecule has 3 N–H and O–H groups in total. The third-order valence-electron chi connectivity index (χ3n) is 3.65. The van der Waals surface area contributed by atoms with E-state index >= 15 is 0 Å². The largest absolute Gasteiger partial charge is 0.352 e. The molecule has 6 nitrogen and oxygen atoms in total. The minimum atomic E-state index is -0.286. The highest BCUT2D eigenvalue weighted by atomic mass is 19.1. The van der Waals surface area contributed by atoms with Gasteiger partial charge in [0, 0.05) is 30.5 Å². The first-order chi connectivity index (χ1) is 11.5. The van der Waals surface area contributed by atoms with E-state index in [1.54, 1.807) is 29.1 Å². The van der Waals surface area contributed by atoms with Crippen LogP contribution in [0.1, 0.15) is 23.0 Å². The van der Waals surface area contributed by atoms with Crippen molar-refractivity contribution in [3.05, 3.63) is 65.4 Å². The first-order valence-electron chi connectivity index (χ1n) is 7.64. The standard InChI is InChI=1S/C17H19FN6/c1-11-9-12(2)24(23-11)16-7-8-20-17(22-16)21-10-15(19)13-3-5-14(18)6-4-13/h3-9,15H,10,19H2,1-2H3,(H,20,21,22). The molecule has 0 saturated carbocycles. The van der Waals surface area contributed by atoms with Crippen LogP contribution in [-0.4, -0.2) is 26.3 Å². The van der Waals surface area contributed by atoms with E-state index in [-0.39, 0.29) is 11.9 Å². The SMILES string of the molecule is Cc1cc(C)n(-c2ccnc(NCC(N)c3ccc(F)cc3)n2)n1. The molecule has 0 spiro atoms. The van der Waals surface area contributed by atoms with Crippen molar-refractivity contribution in [2.24, 2.45) is 5.73 Å². The topological polar surface area (TPSA) is 81.7 Å². The highest BCUT2D eigenvalue weighted by Crippen LogP contribution is 2.13. The Balaban J connectivity index is 1.71. The molecule has 0 aliphatic heterocycles. The molecule has 1 unspecified atom stereocenters. The van der Waals surface area contributed by atoms with Crippen molar-refractivity contribution >= 4 is 5.95 Å². The summed E-state index contributed by atoms with van der Waals surface area (Å²) < 4.78 is 14.7. The highest BCUT2D eigenvalue weighted by Gasteiger charge is 2.09. The Labute approximate surface area is 139 Å². The second kappa shape index (κ2) is 6.76. The van der Waals surface area contributed by atoms with Crippen molar-refractivity contribution in [3.63, 3.8) is 0 Å². The second-order valence-electron chi connectivity index (χ2n) is 5.62. The number of nitrogens with zero attached hydrogens (tertiary/aromatic N) is 4. The Kier molecular flexibility index (Phi) is 4.52. The van der Waals surface area contributed by atoms with Crippen LogP contribution in [0.3, 0.4) is 0 Å². The molecular formula is C17H19FN6. The average Bonchev–Trinajstić information content (AvgIpc) is 2.92. The lowest BCUT2D eigenvalue weighted by Gasteiger charge is -2.13. The van der Waals surface area contributed by atoms with E-state index in [1.165, 1.54) is 12.1 Å². The summed E-state index contributed by atoms with van der Waals surface area (Å²) in [7, 11) is 0. The second-order valence-corrected chi connectivity index (χ2v) is 5.62. The van der Waals surface area contributed by atoms with Crippen LogP contribution in [0.15, 0.2) is 42.6 Å². The van der Waals surface area contributed by atoms with Crippen LogP contribution in [0.2, 0.25) is 0 Å². The van der Waals surface area contributed by atoms with Gasteiger partial charge in [-0.1, -0.05) is 12.1 Å². The zero-order chi connectivity index (χ0) is 17.1. The Morgan fingerprint density at radius 1 is 1.21 bits per heavy atom. The fraction of sp³-hybridized carbons (Fsp3) is 0.235. The van der Waals surface area contributed by atoms with E-state index < -0.39 is 0 Å². The third-order valence-corrected chi connectivity index (χ3v) is 3.65. The summed E-state index contributed by atoms with van der Waals surface area (Å²) in [6.45, 7) is 4.34. The molecule has 0 radical (unpaired) electrons. The van der Waals surface area contributed by atoms with Crippen LogP contribution in [-0.2, 0) is 0 Å². The smallest absolute Gasteiger partial charge is 0.224 e. The molecule has 124 valence electrons. The number of anilines is 1. The van der Waals surface area contributed by atoms with E-state index in [0.29, 0.717) is 18.3 Å². The predicted octanol–water partition coefficient (Wildman–Crippen LogP) is 2.53. The van der Waals surface area contributed by atoms with Crippen LogP contribution >= 0.6 is 0 Å².